The van der Waals surface area contributed by atoms with Gasteiger partial charge in [-0.1, -0.05) is 0 Å². The maximum Gasteiger partial charge on any atom is 0.334 e. The highest BCUT2D eigenvalue weighted by molar-refractivity contribution is 14.1. The van der Waals surface area contributed by atoms with Crippen LogP contribution in [0.25, 0.3) is 0 Å². The molecular formula is C11H13IN2O4. The highest BCUT2D eigenvalue weighted by atomic mass is 127. The zero-order valence-corrected chi connectivity index (χ0v) is 11.8. The fourth-order valence-corrected chi connectivity index (χ4v) is 1.52. The summed E-state index contributed by atoms with van der Waals surface area (Å²) < 4.78 is 5.74. The number of hydrogen-bond donors (Lipinski definition) is 3. The first-order valence-electron chi connectivity index (χ1n) is 5.09. The lowest BCUT2D eigenvalue weighted by atomic mass is 10.3. The molecule has 0 aliphatic carbocycles. The number of anilines is 1. The van der Waals surface area contributed by atoms with E-state index in [2.05, 4.69) is 38.0 Å². The van der Waals surface area contributed by atoms with Crippen LogP contribution < -0.4 is 10.6 Å². The minimum absolute atomic E-state index is 0.0952. The molecule has 6 nitrogen and oxygen atoms in total. The van der Waals surface area contributed by atoms with Gasteiger partial charge in [0, 0.05) is 16.4 Å². The lowest BCUT2D eigenvalue weighted by Crippen LogP contribution is -2.39. The Morgan fingerprint density at radius 1 is 1.39 bits per heavy atom. The van der Waals surface area contributed by atoms with E-state index in [9.17, 15) is 9.59 Å². The van der Waals surface area contributed by atoms with Crippen LogP contribution >= 0.6 is 22.6 Å². The van der Waals surface area contributed by atoms with Crippen molar-refractivity contribution in [1.29, 1.82) is 0 Å². The van der Waals surface area contributed by atoms with E-state index in [1.807, 2.05) is 12.1 Å². The normalized spacial score (nSPS) is 11.7. The Morgan fingerprint density at radius 2 is 2.00 bits per heavy atom. The SMILES string of the molecule is COC(CNC(=O)Nc1ccc(I)cc1)C(=O)O. The van der Waals surface area contributed by atoms with Crippen LogP contribution in [0, 0.1) is 3.57 Å². The number of carboxylic acid groups (broad SMARTS) is 1. The van der Waals surface area contributed by atoms with E-state index in [-0.39, 0.29) is 6.54 Å². The molecule has 7 heteroatoms. The largest absolute Gasteiger partial charge is 0.479 e. The van der Waals surface area contributed by atoms with Gasteiger partial charge in [-0.2, -0.15) is 0 Å². The van der Waals surface area contributed by atoms with Crippen LogP contribution in [-0.2, 0) is 9.53 Å². The molecule has 0 saturated heterocycles. The van der Waals surface area contributed by atoms with Crippen molar-refractivity contribution in [3.63, 3.8) is 0 Å². The molecule has 1 rings (SSSR count). The predicted octanol–water partition coefficient (Wildman–Crippen LogP) is 1.51. The summed E-state index contributed by atoms with van der Waals surface area (Å²) in [6.07, 6.45) is -1.05. The minimum atomic E-state index is -1.12. The van der Waals surface area contributed by atoms with Gasteiger partial charge in [-0.05, 0) is 46.9 Å². The van der Waals surface area contributed by atoms with Gasteiger partial charge in [0.2, 0.25) is 0 Å². The molecule has 1 atom stereocenters. The Bertz CT molecular complexity index is 422. The van der Waals surface area contributed by atoms with Crippen molar-refractivity contribution in [3.8, 4) is 0 Å². The van der Waals surface area contributed by atoms with Gasteiger partial charge >= 0.3 is 12.0 Å². The third-order valence-electron chi connectivity index (χ3n) is 2.11. The molecule has 1 aromatic carbocycles. The molecule has 0 spiro atoms. The van der Waals surface area contributed by atoms with Crippen LogP contribution in [0.1, 0.15) is 0 Å². The first kappa shape index (κ1) is 14.7. The average molecular weight is 364 g/mol. The van der Waals surface area contributed by atoms with E-state index in [1.54, 1.807) is 12.1 Å². The van der Waals surface area contributed by atoms with E-state index in [0.717, 1.165) is 3.57 Å². The van der Waals surface area contributed by atoms with Gasteiger partial charge < -0.3 is 20.5 Å². The summed E-state index contributed by atoms with van der Waals surface area (Å²) in [7, 11) is 1.28. The zero-order chi connectivity index (χ0) is 13.5. The lowest BCUT2D eigenvalue weighted by molar-refractivity contribution is -0.147. The summed E-state index contributed by atoms with van der Waals surface area (Å²) in [5.41, 5.74) is 0.636. The molecule has 1 aromatic rings. The molecule has 0 bridgehead atoms. The van der Waals surface area contributed by atoms with Gasteiger partial charge in [-0.3, -0.25) is 0 Å². The molecule has 0 radical (unpaired) electrons. The summed E-state index contributed by atoms with van der Waals surface area (Å²) in [6, 6.07) is 6.75. The highest BCUT2D eigenvalue weighted by Crippen LogP contribution is 2.10. The van der Waals surface area contributed by atoms with Crippen molar-refractivity contribution in [3.05, 3.63) is 27.8 Å². The molecule has 0 aromatic heterocycles. The molecule has 2 amide bonds. The van der Waals surface area contributed by atoms with Crippen LogP contribution in [0.4, 0.5) is 10.5 Å². The number of amides is 2. The summed E-state index contributed by atoms with van der Waals surface area (Å²) in [4.78, 5) is 22.1. The molecule has 3 N–H and O–H groups in total. The third kappa shape index (κ3) is 4.88. The molecule has 18 heavy (non-hydrogen) atoms. The number of carbonyl (C=O) groups excluding carboxylic acids is 1. The quantitative estimate of drug-likeness (QED) is 0.692. The van der Waals surface area contributed by atoms with E-state index in [1.165, 1.54) is 7.11 Å². The van der Waals surface area contributed by atoms with E-state index in [0.29, 0.717) is 5.69 Å². The lowest BCUT2D eigenvalue weighted by Gasteiger charge is -2.12. The van der Waals surface area contributed by atoms with E-state index >= 15 is 0 Å². The van der Waals surface area contributed by atoms with Crippen LogP contribution in [-0.4, -0.2) is 36.9 Å². The van der Waals surface area contributed by atoms with Crippen molar-refractivity contribution < 1.29 is 19.4 Å². The topological polar surface area (TPSA) is 87.7 Å². The van der Waals surface area contributed by atoms with Crippen LogP contribution in [0.5, 0.6) is 0 Å². The fourth-order valence-electron chi connectivity index (χ4n) is 1.17. The van der Waals surface area contributed by atoms with Gasteiger partial charge in [0.25, 0.3) is 0 Å². The Kier molecular flexibility index (Phi) is 5.86. The average Bonchev–Trinajstić information content (AvgIpc) is 2.32. The molecular weight excluding hydrogens is 351 g/mol. The van der Waals surface area contributed by atoms with Gasteiger partial charge in [0.1, 0.15) is 0 Å². The van der Waals surface area contributed by atoms with Crippen LogP contribution in [0.2, 0.25) is 0 Å². The number of methoxy groups -OCH3 is 1. The second-order valence-corrected chi connectivity index (χ2v) is 4.65. The van der Waals surface area contributed by atoms with E-state index < -0.39 is 18.1 Å². The highest BCUT2D eigenvalue weighted by Gasteiger charge is 2.16. The number of ether oxygens (including phenoxy) is 1. The summed E-state index contributed by atoms with van der Waals surface area (Å²) >= 11 is 2.16. The van der Waals surface area contributed by atoms with Gasteiger partial charge in [0.15, 0.2) is 6.10 Å². The molecule has 0 fully saturated rings. The Hall–Kier alpha value is -1.35. The molecule has 0 aliphatic heterocycles. The summed E-state index contributed by atoms with van der Waals surface area (Å²) in [6.45, 7) is -0.0952. The summed E-state index contributed by atoms with van der Waals surface area (Å²) in [5.74, 6) is -1.12. The predicted molar refractivity (Wildman–Crippen MR) is 74.6 cm³/mol. The monoisotopic (exact) mass is 364 g/mol. The van der Waals surface area contributed by atoms with Crippen molar-refractivity contribution in [2.75, 3.05) is 19.0 Å². The second-order valence-electron chi connectivity index (χ2n) is 3.40. The maximum atomic E-state index is 11.5. The van der Waals surface area contributed by atoms with Crippen LogP contribution in [0.3, 0.4) is 0 Å². The van der Waals surface area contributed by atoms with Crippen molar-refractivity contribution >= 4 is 40.3 Å². The maximum absolute atomic E-state index is 11.5. The number of carbonyl (C=O) groups is 2. The van der Waals surface area contributed by atoms with Crippen molar-refractivity contribution in [1.82, 2.24) is 5.32 Å². The third-order valence-corrected chi connectivity index (χ3v) is 2.83. The standard InChI is InChI=1S/C11H13IN2O4/c1-18-9(10(15)16)6-13-11(17)14-8-4-2-7(12)3-5-8/h2-5,9H,6H2,1H3,(H,15,16)(H2,13,14,17). The van der Waals surface area contributed by atoms with E-state index in [4.69, 9.17) is 5.11 Å². The Labute approximate surface area is 118 Å². The van der Waals surface area contributed by atoms with Crippen LogP contribution in [0.15, 0.2) is 24.3 Å². The minimum Gasteiger partial charge on any atom is -0.479 e. The number of aliphatic carboxylic acids is 1. The number of halogens is 1. The molecule has 0 saturated carbocycles. The molecule has 0 heterocycles. The van der Waals surface area contributed by atoms with Crippen molar-refractivity contribution in [2.24, 2.45) is 0 Å². The molecule has 1 unspecified atom stereocenters. The number of rotatable bonds is 5. The smallest absolute Gasteiger partial charge is 0.334 e. The number of carboxylic acids is 1. The fraction of sp³-hybridized carbons (Fsp3) is 0.273. The molecule has 0 aliphatic rings. The molecule has 98 valence electrons. The Morgan fingerprint density at radius 3 is 2.50 bits per heavy atom. The van der Waals surface area contributed by atoms with Gasteiger partial charge in [-0.15, -0.1) is 0 Å². The first-order chi connectivity index (χ1) is 8.52. The second kappa shape index (κ2) is 7.17. The first-order valence-corrected chi connectivity index (χ1v) is 6.17. The number of urea groups is 1. The zero-order valence-electron chi connectivity index (χ0n) is 9.64. The van der Waals surface area contributed by atoms with Gasteiger partial charge in [0.05, 0.1) is 6.54 Å². The van der Waals surface area contributed by atoms with Crippen molar-refractivity contribution in [2.45, 2.75) is 6.10 Å². The van der Waals surface area contributed by atoms with Gasteiger partial charge in [-0.25, -0.2) is 9.59 Å². The number of hydrogen-bond acceptors (Lipinski definition) is 3. The number of nitrogens with one attached hydrogen (secondary N) is 2. The summed E-state index contributed by atoms with van der Waals surface area (Å²) in [5, 5.41) is 13.7. The number of benzene rings is 1. The Balaban J connectivity index is 2.42.